The van der Waals surface area contributed by atoms with Crippen LogP contribution < -0.4 is 16.4 Å². The SMILES string of the molecule is CNC(=O)O[C@H](C)c1nc(C(=O)N[C@@H](Cc2ccc(N)cc2)C[C@H](C)C(=O)O)cs1. The van der Waals surface area contributed by atoms with Crippen LogP contribution >= 0.6 is 11.3 Å². The Morgan fingerprint density at radius 2 is 1.90 bits per heavy atom. The average molecular weight is 435 g/mol. The van der Waals surface area contributed by atoms with E-state index in [9.17, 15) is 19.5 Å². The number of thiazole rings is 1. The maximum absolute atomic E-state index is 12.7. The van der Waals surface area contributed by atoms with E-state index < -0.39 is 36.0 Å². The summed E-state index contributed by atoms with van der Waals surface area (Å²) in [6.07, 6.45) is -0.473. The van der Waals surface area contributed by atoms with Gasteiger partial charge in [0.1, 0.15) is 10.7 Å². The van der Waals surface area contributed by atoms with Crippen molar-refractivity contribution in [1.29, 1.82) is 0 Å². The van der Waals surface area contributed by atoms with Gasteiger partial charge in [0.05, 0.1) is 5.92 Å². The highest BCUT2D eigenvalue weighted by Crippen LogP contribution is 2.22. The number of carboxylic acids is 1. The van der Waals surface area contributed by atoms with Gasteiger partial charge in [-0.1, -0.05) is 19.1 Å². The Balaban J connectivity index is 2.10. The van der Waals surface area contributed by atoms with Crippen molar-refractivity contribution in [2.75, 3.05) is 12.8 Å². The van der Waals surface area contributed by atoms with Crippen molar-refractivity contribution in [1.82, 2.24) is 15.6 Å². The summed E-state index contributed by atoms with van der Waals surface area (Å²) in [6.45, 7) is 3.26. The van der Waals surface area contributed by atoms with Gasteiger partial charge in [-0.2, -0.15) is 0 Å². The zero-order valence-corrected chi connectivity index (χ0v) is 17.9. The molecule has 0 aliphatic carbocycles. The summed E-state index contributed by atoms with van der Waals surface area (Å²) in [5.74, 6) is -1.97. The number of aliphatic carboxylic acids is 1. The third-order valence-corrected chi connectivity index (χ3v) is 5.45. The molecule has 1 heterocycles. The van der Waals surface area contributed by atoms with Crippen LogP contribution in [0, 0.1) is 5.92 Å². The number of nitrogen functional groups attached to an aromatic ring is 1. The van der Waals surface area contributed by atoms with Gasteiger partial charge >= 0.3 is 12.1 Å². The monoisotopic (exact) mass is 434 g/mol. The van der Waals surface area contributed by atoms with E-state index >= 15 is 0 Å². The summed E-state index contributed by atoms with van der Waals surface area (Å²) in [5.41, 5.74) is 7.45. The van der Waals surface area contributed by atoms with Gasteiger partial charge in [-0.05, 0) is 37.5 Å². The predicted octanol–water partition coefficient (Wildman–Crippen LogP) is 2.59. The molecule has 162 valence electrons. The molecule has 0 saturated carbocycles. The molecule has 0 radical (unpaired) electrons. The van der Waals surface area contributed by atoms with E-state index in [1.807, 2.05) is 12.1 Å². The molecule has 30 heavy (non-hydrogen) atoms. The average Bonchev–Trinajstić information content (AvgIpc) is 3.20. The molecule has 3 atom stereocenters. The minimum absolute atomic E-state index is 0.188. The Kier molecular flexibility index (Phi) is 8.16. The molecule has 0 aliphatic heterocycles. The summed E-state index contributed by atoms with van der Waals surface area (Å²) in [4.78, 5) is 39.6. The first-order chi connectivity index (χ1) is 14.2. The minimum Gasteiger partial charge on any atom is -0.481 e. The number of aromatic nitrogens is 1. The number of carbonyl (C=O) groups excluding carboxylic acids is 2. The second-order valence-electron chi connectivity index (χ2n) is 6.96. The van der Waals surface area contributed by atoms with Crippen molar-refractivity contribution in [3.8, 4) is 0 Å². The van der Waals surface area contributed by atoms with Gasteiger partial charge in [-0.15, -0.1) is 11.3 Å². The Bertz CT molecular complexity index is 884. The summed E-state index contributed by atoms with van der Waals surface area (Å²) in [5, 5.41) is 16.6. The summed E-state index contributed by atoms with van der Waals surface area (Å²) >= 11 is 1.20. The number of anilines is 1. The molecule has 0 fully saturated rings. The van der Waals surface area contributed by atoms with Crippen LogP contribution in [0.25, 0.3) is 0 Å². The number of carboxylic acid groups (broad SMARTS) is 1. The molecule has 0 spiro atoms. The van der Waals surface area contributed by atoms with Crippen molar-refractivity contribution >= 4 is 35.0 Å². The fourth-order valence-corrected chi connectivity index (χ4v) is 3.55. The van der Waals surface area contributed by atoms with Crippen LogP contribution in [-0.4, -0.2) is 41.1 Å². The van der Waals surface area contributed by atoms with Crippen LogP contribution in [0.15, 0.2) is 29.6 Å². The molecule has 5 N–H and O–H groups in total. The highest BCUT2D eigenvalue weighted by atomic mass is 32.1. The van der Waals surface area contributed by atoms with E-state index in [1.54, 1.807) is 31.4 Å². The number of nitrogens with two attached hydrogens (primary N) is 1. The van der Waals surface area contributed by atoms with Crippen LogP contribution in [0.4, 0.5) is 10.5 Å². The Hall–Kier alpha value is -3.14. The third-order valence-electron chi connectivity index (χ3n) is 4.45. The lowest BCUT2D eigenvalue weighted by molar-refractivity contribution is -0.141. The third kappa shape index (κ3) is 6.73. The topological polar surface area (TPSA) is 144 Å². The molecule has 1 aromatic heterocycles. The molecule has 0 saturated heterocycles. The molecule has 0 unspecified atom stereocenters. The van der Waals surface area contributed by atoms with Gasteiger partial charge in [0.2, 0.25) is 0 Å². The van der Waals surface area contributed by atoms with Crippen LogP contribution in [0.2, 0.25) is 0 Å². The number of amides is 2. The molecule has 10 heteroatoms. The fourth-order valence-electron chi connectivity index (χ4n) is 2.77. The highest BCUT2D eigenvalue weighted by molar-refractivity contribution is 7.09. The fraction of sp³-hybridized carbons (Fsp3) is 0.400. The summed E-state index contributed by atoms with van der Waals surface area (Å²) in [6, 6.07) is 6.80. The molecule has 1 aromatic carbocycles. The standard InChI is InChI=1S/C20H26N4O5S/c1-11(19(26)27)8-15(9-13-4-6-14(21)7-5-13)23-17(25)16-10-30-18(24-16)12(2)29-20(28)22-3/h4-7,10-12,15H,8-9,21H2,1-3H3,(H,22,28)(H,23,25)(H,26,27)/t11-,12+,15+/m0/s1. The number of hydrogen-bond donors (Lipinski definition) is 4. The maximum Gasteiger partial charge on any atom is 0.407 e. The zero-order chi connectivity index (χ0) is 22.3. The number of ether oxygens (including phenoxy) is 1. The highest BCUT2D eigenvalue weighted by Gasteiger charge is 2.23. The number of nitrogens with one attached hydrogen (secondary N) is 2. The van der Waals surface area contributed by atoms with Crippen molar-refractivity contribution in [2.45, 2.75) is 38.8 Å². The largest absolute Gasteiger partial charge is 0.481 e. The van der Waals surface area contributed by atoms with Gasteiger partial charge in [0, 0.05) is 24.2 Å². The van der Waals surface area contributed by atoms with Gasteiger partial charge in [0.25, 0.3) is 5.91 Å². The van der Waals surface area contributed by atoms with Crippen LogP contribution in [-0.2, 0) is 16.0 Å². The molecule has 2 rings (SSSR count). The van der Waals surface area contributed by atoms with E-state index in [0.29, 0.717) is 17.1 Å². The first-order valence-corrected chi connectivity index (χ1v) is 10.3. The van der Waals surface area contributed by atoms with E-state index in [0.717, 1.165) is 5.56 Å². The minimum atomic E-state index is -0.928. The van der Waals surface area contributed by atoms with Crippen molar-refractivity contribution in [2.24, 2.45) is 5.92 Å². The Morgan fingerprint density at radius 1 is 1.23 bits per heavy atom. The molecular formula is C20H26N4O5S. The summed E-state index contributed by atoms with van der Waals surface area (Å²) in [7, 11) is 1.45. The second-order valence-corrected chi connectivity index (χ2v) is 7.85. The van der Waals surface area contributed by atoms with Gasteiger partial charge in [0.15, 0.2) is 6.10 Å². The molecule has 0 bridgehead atoms. The van der Waals surface area contributed by atoms with E-state index in [4.69, 9.17) is 10.5 Å². The van der Waals surface area contributed by atoms with Crippen molar-refractivity contribution in [3.05, 3.63) is 45.9 Å². The quantitative estimate of drug-likeness (QED) is 0.444. The number of hydrogen-bond acceptors (Lipinski definition) is 7. The zero-order valence-electron chi connectivity index (χ0n) is 17.0. The maximum atomic E-state index is 12.7. The number of benzene rings is 1. The van der Waals surface area contributed by atoms with Gasteiger partial charge < -0.3 is 26.2 Å². The summed E-state index contributed by atoms with van der Waals surface area (Å²) < 4.78 is 5.12. The van der Waals surface area contributed by atoms with Crippen molar-refractivity contribution in [3.63, 3.8) is 0 Å². The van der Waals surface area contributed by atoms with E-state index in [-0.39, 0.29) is 12.1 Å². The van der Waals surface area contributed by atoms with Crippen LogP contribution in [0.5, 0.6) is 0 Å². The number of carbonyl (C=O) groups is 3. The van der Waals surface area contributed by atoms with Crippen LogP contribution in [0.1, 0.15) is 47.4 Å². The smallest absolute Gasteiger partial charge is 0.407 e. The molecule has 9 nitrogen and oxygen atoms in total. The first kappa shape index (κ1) is 23.1. The lowest BCUT2D eigenvalue weighted by Crippen LogP contribution is -2.38. The molecule has 2 amide bonds. The van der Waals surface area contributed by atoms with Gasteiger partial charge in [-0.3, -0.25) is 9.59 Å². The predicted molar refractivity (Wildman–Crippen MR) is 113 cm³/mol. The number of nitrogens with zero attached hydrogens (tertiary/aromatic N) is 1. The molecule has 0 aliphatic rings. The van der Waals surface area contributed by atoms with Gasteiger partial charge in [-0.25, -0.2) is 9.78 Å². The van der Waals surface area contributed by atoms with Crippen LogP contribution in [0.3, 0.4) is 0 Å². The molecule has 2 aromatic rings. The normalized spacial score (nSPS) is 13.7. The van der Waals surface area contributed by atoms with E-state index in [2.05, 4.69) is 15.6 Å². The first-order valence-electron chi connectivity index (χ1n) is 9.41. The van der Waals surface area contributed by atoms with E-state index in [1.165, 1.54) is 18.4 Å². The number of alkyl carbamates (subject to hydrolysis) is 1. The lowest BCUT2D eigenvalue weighted by Gasteiger charge is -2.20. The van der Waals surface area contributed by atoms with Crippen molar-refractivity contribution < 1.29 is 24.2 Å². The number of rotatable bonds is 9. The lowest BCUT2D eigenvalue weighted by atomic mass is 9.96. The Morgan fingerprint density at radius 3 is 2.50 bits per heavy atom. The second kappa shape index (κ2) is 10.6. The molecular weight excluding hydrogens is 408 g/mol. The Labute approximate surface area is 178 Å².